The van der Waals surface area contributed by atoms with E-state index < -0.39 is 0 Å². The number of fused-ring (bicyclic) bond motifs is 2. The quantitative estimate of drug-likeness (QED) is 0.183. The molecule has 4 aromatic rings. The molecule has 2 saturated carbocycles. The summed E-state index contributed by atoms with van der Waals surface area (Å²) in [5, 5.41) is 9.48. The van der Waals surface area contributed by atoms with Crippen LogP contribution in [0.15, 0.2) is 57.4 Å². The van der Waals surface area contributed by atoms with E-state index in [4.69, 9.17) is 18.3 Å². The molecular weight excluding hydrogens is 536 g/mol. The molecule has 2 fully saturated rings. The van der Waals surface area contributed by atoms with Gasteiger partial charge in [-0.05, 0) is 95.8 Å². The van der Waals surface area contributed by atoms with Gasteiger partial charge < -0.3 is 28.9 Å². The predicted molar refractivity (Wildman–Crippen MR) is 175 cm³/mol. The van der Waals surface area contributed by atoms with Crippen LogP contribution >= 0.6 is 0 Å². The van der Waals surface area contributed by atoms with E-state index in [0.29, 0.717) is 18.2 Å². The van der Waals surface area contributed by atoms with Gasteiger partial charge in [0.15, 0.2) is 0 Å². The van der Waals surface area contributed by atoms with Gasteiger partial charge in [-0.3, -0.25) is 0 Å². The lowest BCUT2D eigenvalue weighted by molar-refractivity contribution is 0.0689. The third-order valence-corrected chi connectivity index (χ3v) is 9.56. The second-order valence-electron chi connectivity index (χ2n) is 15.4. The first-order chi connectivity index (χ1) is 20.3. The molecule has 0 amide bonds. The van der Waals surface area contributed by atoms with E-state index in [0.717, 1.165) is 83.5 Å². The van der Waals surface area contributed by atoms with E-state index in [1.807, 2.05) is 13.1 Å². The normalized spacial score (nSPS) is 22.9. The molecule has 232 valence electrons. The molecule has 43 heavy (non-hydrogen) atoms. The molecule has 0 atom stereocenters. The number of rotatable bonds is 11. The molecule has 6 rings (SSSR count). The number of ether oxygens (including phenoxy) is 2. The summed E-state index contributed by atoms with van der Waals surface area (Å²) in [4.78, 5) is 0. The zero-order valence-electron chi connectivity index (χ0n) is 27.3. The highest BCUT2D eigenvalue weighted by Gasteiger charge is 2.36. The molecule has 0 unspecified atom stereocenters. The van der Waals surface area contributed by atoms with Crippen LogP contribution in [0.4, 0.5) is 0 Å². The number of hydrogen-bond donors (Lipinski definition) is 2. The first-order valence-electron chi connectivity index (χ1n) is 16.1. The lowest BCUT2D eigenvalue weighted by Gasteiger charge is -2.42. The first-order valence-corrected chi connectivity index (χ1v) is 16.1. The van der Waals surface area contributed by atoms with Crippen LogP contribution in [0.1, 0.15) is 98.5 Å². The Morgan fingerprint density at radius 3 is 1.72 bits per heavy atom. The first kappa shape index (κ1) is 30.1. The lowest BCUT2D eigenvalue weighted by Crippen LogP contribution is -2.54. The lowest BCUT2D eigenvalue weighted by atomic mass is 9.79. The van der Waals surface area contributed by atoms with Crippen molar-refractivity contribution in [3.05, 3.63) is 60.1 Å². The van der Waals surface area contributed by atoms with Crippen molar-refractivity contribution < 1.29 is 18.3 Å². The molecule has 0 saturated heterocycles. The van der Waals surface area contributed by atoms with Crippen molar-refractivity contribution in [3.63, 3.8) is 0 Å². The summed E-state index contributed by atoms with van der Waals surface area (Å²) in [6, 6.07) is 17.8. The maximum Gasteiger partial charge on any atom is 0.137 e. The van der Waals surface area contributed by atoms with Gasteiger partial charge in [0.25, 0.3) is 0 Å². The third kappa shape index (κ3) is 6.76. The van der Waals surface area contributed by atoms with Gasteiger partial charge in [-0.15, -0.1) is 0 Å². The Balaban J connectivity index is 0.986. The van der Waals surface area contributed by atoms with E-state index in [1.54, 1.807) is 0 Å². The fourth-order valence-electron chi connectivity index (χ4n) is 6.31. The second kappa shape index (κ2) is 11.2. The predicted octanol–water partition coefficient (Wildman–Crippen LogP) is 8.64. The fourth-order valence-corrected chi connectivity index (χ4v) is 6.31. The highest BCUT2D eigenvalue weighted by atomic mass is 16.5. The summed E-state index contributed by atoms with van der Waals surface area (Å²) in [5.74, 6) is 3.83. The third-order valence-electron chi connectivity index (χ3n) is 9.56. The van der Waals surface area contributed by atoms with Gasteiger partial charge in [0, 0.05) is 51.4 Å². The van der Waals surface area contributed by atoms with E-state index in [9.17, 15) is 0 Å². The number of benzene rings is 2. The molecule has 6 heteroatoms. The Kier molecular flexibility index (Phi) is 7.83. The standard InChI is InChI=1S/C37H50N2O4/c1-35(2,3)33-15-23-9-11-27(21-31(23)42-33)41-30-19-26(20-30)39-37(6,7)14-13-36(4,5)34-16-24-10-12-28(22-32(24)43-34)40-29-17-25(18-29)38-8/h9-12,15-16,21-22,25-26,29-30,38-39H,13-14,17-20H2,1-8H3. The van der Waals surface area contributed by atoms with Crippen LogP contribution in [-0.4, -0.2) is 36.9 Å². The van der Waals surface area contributed by atoms with Crippen molar-refractivity contribution in [1.82, 2.24) is 10.6 Å². The van der Waals surface area contributed by atoms with Gasteiger partial charge in [0.2, 0.25) is 0 Å². The summed E-state index contributed by atoms with van der Waals surface area (Å²) in [7, 11) is 2.02. The monoisotopic (exact) mass is 586 g/mol. The van der Waals surface area contributed by atoms with Crippen molar-refractivity contribution in [2.45, 2.75) is 128 Å². The smallest absolute Gasteiger partial charge is 0.137 e. The Labute approximate surface area is 256 Å². The van der Waals surface area contributed by atoms with Crippen LogP contribution in [0.2, 0.25) is 0 Å². The molecule has 2 N–H and O–H groups in total. The minimum absolute atomic E-state index is 0.00766. The van der Waals surface area contributed by atoms with Crippen molar-refractivity contribution in [3.8, 4) is 11.5 Å². The minimum Gasteiger partial charge on any atom is -0.490 e. The highest BCUT2D eigenvalue weighted by molar-refractivity contribution is 5.80. The maximum absolute atomic E-state index is 6.41. The molecule has 6 nitrogen and oxygen atoms in total. The van der Waals surface area contributed by atoms with Crippen LogP contribution in [0, 0.1) is 0 Å². The van der Waals surface area contributed by atoms with Gasteiger partial charge in [-0.2, -0.15) is 0 Å². The van der Waals surface area contributed by atoms with Crippen LogP contribution in [0.5, 0.6) is 11.5 Å². The zero-order valence-corrected chi connectivity index (χ0v) is 27.3. The molecule has 0 bridgehead atoms. The van der Waals surface area contributed by atoms with E-state index >= 15 is 0 Å². The van der Waals surface area contributed by atoms with E-state index in [-0.39, 0.29) is 22.5 Å². The Hall–Kier alpha value is -2.96. The van der Waals surface area contributed by atoms with Crippen molar-refractivity contribution in [2.75, 3.05) is 7.05 Å². The summed E-state index contributed by atoms with van der Waals surface area (Å²) in [6.45, 7) is 15.7. The Bertz CT molecular complexity index is 1560. The van der Waals surface area contributed by atoms with Crippen molar-refractivity contribution in [1.29, 1.82) is 0 Å². The molecule has 0 spiro atoms. The van der Waals surface area contributed by atoms with Gasteiger partial charge in [0.1, 0.15) is 46.4 Å². The van der Waals surface area contributed by atoms with E-state index in [2.05, 4.69) is 102 Å². The Morgan fingerprint density at radius 1 is 0.674 bits per heavy atom. The molecule has 2 aliphatic rings. The molecule has 2 aromatic carbocycles. The molecule has 0 aliphatic heterocycles. The second-order valence-corrected chi connectivity index (χ2v) is 15.4. The average molecular weight is 587 g/mol. The van der Waals surface area contributed by atoms with Crippen molar-refractivity contribution >= 4 is 21.9 Å². The molecular formula is C37H50N2O4. The van der Waals surface area contributed by atoms with Gasteiger partial charge in [-0.25, -0.2) is 0 Å². The van der Waals surface area contributed by atoms with Crippen LogP contribution in [-0.2, 0) is 10.8 Å². The number of furan rings is 2. The van der Waals surface area contributed by atoms with Crippen LogP contribution < -0.4 is 20.1 Å². The SMILES string of the molecule is CNC1CC(Oc2ccc3cc(C(C)(C)CCC(C)(C)NC4CC(Oc5ccc6cc(C(C)(C)C)oc6c5)C4)oc3c2)C1. The summed E-state index contributed by atoms with van der Waals surface area (Å²) < 4.78 is 25.0. The Morgan fingerprint density at radius 2 is 1.19 bits per heavy atom. The topological polar surface area (TPSA) is 68.8 Å². The van der Waals surface area contributed by atoms with E-state index in [1.165, 1.54) is 0 Å². The largest absolute Gasteiger partial charge is 0.490 e. The minimum atomic E-state index is -0.0738. The molecule has 2 aliphatic carbocycles. The summed E-state index contributed by atoms with van der Waals surface area (Å²) in [5.41, 5.74) is 1.74. The number of hydrogen-bond acceptors (Lipinski definition) is 6. The molecule has 0 radical (unpaired) electrons. The van der Waals surface area contributed by atoms with Crippen molar-refractivity contribution in [2.24, 2.45) is 0 Å². The van der Waals surface area contributed by atoms with Crippen LogP contribution in [0.3, 0.4) is 0 Å². The summed E-state index contributed by atoms with van der Waals surface area (Å²) >= 11 is 0. The zero-order chi connectivity index (χ0) is 30.6. The maximum atomic E-state index is 6.41. The molecule has 2 heterocycles. The van der Waals surface area contributed by atoms with Gasteiger partial charge >= 0.3 is 0 Å². The highest BCUT2D eigenvalue weighted by Crippen LogP contribution is 2.38. The van der Waals surface area contributed by atoms with Gasteiger partial charge in [0.05, 0.1) is 0 Å². The van der Waals surface area contributed by atoms with Crippen LogP contribution in [0.25, 0.3) is 21.9 Å². The number of nitrogens with one attached hydrogen (secondary N) is 2. The van der Waals surface area contributed by atoms with Gasteiger partial charge in [-0.1, -0.05) is 34.6 Å². The fraction of sp³-hybridized carbons (Fsp3) is 0.568. The average Bonchev–Trinajstić information content (AvgIpc) is 3.52. The molecule has 2 aromatic heterocycles. The summed E-state index contributed by atoms with van der Waals surface area (Å²) in [6.07, 6.45) is 6.75.